The summed E-state index contributed by atoms with van der Waals surface area (Å²) in [5.74, 6) is -0.867. The van der Waals surface area contributed by atoms with Gasteiger partial charge in [-0.1, -0.05) is 218 Å². The fourth-order valence-corrected chi connectivity index (χ4v) is 7.94. The first-order valence-corrected chi connectivity index (χ1v) is 30.4. The quantitative estimate of drug-likeness (QED) is 0.0195. The third-order valence-corrected chi connectivity index (χ3v) is 12.6. The van der Waals surface area contributed by atoms with Crippen molar-refractivity contribution in [2.24, 2.45) is 0 Å². The summed E-state index contributed by atoms with van der Waals surface area (Å²) in [5.41, 5.74) is 0. The number of ether oxygens (including phenoxy) is 2. The van der Waals surface area contributed by atoms with E-state index in [1.807, 2.05) is 21.1 Å². The lowest BCUT2D eigenvalue weighted by molar-refractivity contribution is -0.870. The second kappa shape index (κ2) is 54.0. The molecule has 0 aliphatic heterocycles. The summed E-state index contributed by atoms with van der Waals surface area (Å²) in [4.78, 5) is 37.8. The van der Waals surface area contributed by atoms with Gasteiger partial charge in [0.15, 0.2) is 6.10 Å². The van der Waals surface area contributed by atoms with Gasteiger partial charge in [-0.3, -0.25) is 14.2 Å². The predicted molar refractivity (Wildman–Crippen MR) is 314 cm³/mol. The van der Waals surface area contributed by atoms with E-state index < -0.39 is 32.5 Å². The molecule has 0 radical (unpaired) electrons. The number of hydrogen-bond acceptors (Lipinski definition) is 8. The SMILES string of the molecule is CC/C=C\C/C=C\C/C=C\C/C=C\C/C=C\C/C=C\C/C=C\C/C=C\C/C=C\CCCCCCCCCCCC(=O)OC(COC(=O)CCCCCCC/C=C\C/C=C\CCC)COP(=O)([O-])OCC[N+](C)(C)C. The van der Waals surface area contributed by atoms with Crippen molar-refractivity contribution in [1.82, 2.24) is 0 Å². The van der Waals surface area contributed by atoms with Crippen LogP contribution in [0.5, 0.6) is 0 Å². The Morgan fingerprint density at radius 1 is 0.432 bits per heavy atom. The molecule has 74 heavy (non-hydrogen) atoms. The number of nitrogens with zero attached hydrogens (tertiary/aromatic N) is 1. The largest absolute Gasteiger partial charge is 0.756 e. The maximum atomic E-state index is 12.8. The zero-order valence-corrected chi connectivity index (χ0v) is 48.4. The minimum Gasteiger partial charge on any atom is -0.756 e. The lowest BCUT2D eigenvalue weighted by Gasteiger charge is -2.28. The Kier molecular flexibility index (Phi) is 51.2. The van der Waals surface area contributed by atoms with Crippen molar-refractivity contribution in [1.29, 1.82) is 0 Å². The Bertz CT molecular complexity index is 1710. The van der Waals surface area contributed by atoms with Gasteiger partial charge in [-0.25, -0.2) is 0 Å². The summed E-state index contributed by atoms with van der Waals surface area (Å²) >= 11 is 0. The zero-order valence-electron chi connectivity index (χ0n) is 47.5. The minimum absolute atomic E-state index is 0.0411. The summed E-state index contributed by atoms with van der Waals surface area (Å²) in [6.45, 7) is 4.01. The smallest absolute Gasteiger partial charge is 0.306 e. The third kappa shape index (κ3) is 57.4. The van der Waals surface area contributed by atoms with Gasteiger partial charge in [0.05, 0.1) is 27.7 Å². The number of unbranched alkanes of at least 4 members (excludes halogenated alkanes) is 15. The van der Waals surface area contributed by atoms with E-state index in [0.717, 1.165) is 128 Å². The summed E-state index contributed by atoms with van der Waals surface area (Å²) in [5, 5.41) is 0. The molecule has 0 spiro atoms. The molecule has 0 amide bonds. The number of rotatable bonds is 51. The highest BCUT2D eigenvalue weighted by Gasteiger charge is 2.21. The lowest BCUT2D eigenvalue weighted by atomic mass is 10.1. The fourth-order valence-electron chi connectivity index (χ4n) is 7.21. The number of carbonyl (C=O) groups excluding carboxylic acids is 2. The first-order valence-electron chi connectivity index (χ1n) is 28.9. The van der Waals surface area contributed by atoms with Gasteiger partial charge in [0.1, 0.15) is 19.8 Å². The van der Waals surface area contributed by atoms with Crippen LogP contribution in [0.1, 0.15) is 206 Å². The van der Waals surface area contributed by atoms with E-state index in [2.05, 4.69) is 148 Å². The molecule has 0 fully saturated rings. The van der Waals surface area contributed by atoms with Crippen LogP contribution < -0.4 is 4.89 Å². The van der Waals surface area contributed by atoms with Crippen LogP contribution in [-0.4, -0.2) is 70.0 Å². The average molecular weight is 1050 g/mol. The van der Waals surface area contributed by atoms with E-state index >= 15 is 0 Å². The zero-order chi connectivity index (χ0) is 54.2. The first-order chi connectivity index (χ1) is 36.0. The number of phosphoric acid groups is 1. The third-order valence-electron chi connectivity index (χ3n) is 11.6. The molecule has 0 aliphatic carbocycles. The van der Waals surface area contributed by atoms with Crippen LogP contribution in [0.4, 0.5) is 0 Å². The predicted octanol–water partition coefficient (Wildman–Crippen LogP) is 17.5. The van der Waals surface area contributed by atoms with Crippen LogP contribution in [0.2, 0.25) is 0 Å². The standard InChI is InChI=1S/C64H106NO8P/c1-6-8-10-12-14-16-18-20-21-22-23-24-25-26-27-28-29-30-31-32-33-34-35-36-37-38-39-40-41-42-43-45-47-49-51-53-55-57-64(67)73-62(61-72-74(68,69)71-59-58-65(3,4)5)60-70-63(66)56-54-52-50-48-46-44-19-17-15-13-11-9-7-2/h8,10-11,13-14,16-17,19-21,23-24,26-27,29-30,32-33,35-36,38-39,62H,6-7,9,12,15,18,22,25,28,31,34,37,40-61H2,1-5H3/b10-8-,13-11-,16-14-,19-17-,21-20-,24-23-,27-26-,30-29-,33-32-,36-35-,39-38-. The van der Waals surface area contributed by atoms with Crippen molar-refractivity contribution in [3.63, 3.8) is 0 Å². The molecule has 0 N–H and O–H groups in total. The van der Waals surface area contributed by atoms with Gasteiger partial charge in [-0.15, -0.1) is 0 Å². The highest BCUT2D eigenvalue weighted by Crippen LogP contribution is 2.38. The van der Waals surface area contributed by atoms with Crippen LogP contribution in [0, 0.1) is 0 Å². The molecule has 0 aliphatic rings. The first kappa shape index (κ1) is 70.1. The summed E-state index contributed by atoms with van der Waals surface area (Å²) in [7, 11) is 1.13. The summed E-state index contributed by atoms with van der Waals surface area (Å²) in [6, 6.07) is 0. The Labute approximate surface area is 453 Å². The number of esters is 2. The van der Waals surface area contributed by atoms with Crippen molar-refractivity contribution in [2.75, 3.05) is 47.5 Å². The fraction of sp³-hybridized carbons (Fsp3) is 0.625. The van der Waals surface area contributed by atoms with Gasteiger partial charge in [-0.2, -0.15) is 0 Å². The molecule has 0 aromatic carbocycles. The van der Waals surface area contributed by atoms with Crippen molar-refractivity contribution < 1.29 is 42.1 Å². The Balaban J connectivity index is 4.13. The van der Waals surface area contributed by atoms with E-state index in [-0.39, 0.29) is 26.1 Å². The summed E-state index contributed by atoms with van der Waals surface area (Å²) < 4.78 is 34.0. The van der Waals surface area contributed by atoms with Crippen molar-refractivity contribution >= 4 is 19.8 Å². The van der Waals surface area contributed by atoms with E-state index in [9.17, 15) is 19.0 Å². The number of phosphoric ester groups is 1. The van der Waals surface area contributed by atoms with Crippen LogP contribution in [0.15, 0.2) is 134 Å². The number of quaternary nitrogens is 1. The van der Waals surface area contributed by atoms with Crippen LogP contribution in [0.25, 0.3) is 0 Å². The molecule has 0 saturated carbocycles. The van der Waals surface area contributed by atoms with Crippen LogP contribution in [-0.2, 0) is 32.7 Å². The highest BCUT2D eigenvalue weighted by atomic mass is 31.2. The van der Waals surface area contributed by atoms with E-state index in [1.54, 1.807) is 0 Å². The van der Waals surface area contributed by atoms with E-state index in [4.69, 9.17) is 18.5 Å². The number of hydrogen-bond donors (Lipinski definition) is 0. The van der Waals surface area contributed by atoms with Crippen molar-refractivity contribution in [2.45, 2.75) is 213 Å². The van der Waals surface area contributed by atoms with Gasteiger partial charge in [0, 0.05) is 12.8 Å². The molecule has 2 unspecified atom stereocenters. The van der Waals surface area contributed by atoms with Gasteiger partial charge in [-0.05, 0) is 109 Å². The second-order valence-corrected chi connectivity index (χ2v) is 21.3. The molecular formula is C64H106NO8P. The average Bonchev–Trinajstić information content (AvgIpc) is 3.36. The van der Waals surface area contributed by atoms with Crippen LogP contribution in [0.3, 0.4) is 0 Å². The molecule has 10 heteroatoms. The molecule has 2 atom stereocenters. The maximum absolute atomic E-state index is 12.8. The number of carbonyl (C=O) groups is 2. The molecule has 0 heterocycles. The molecular weight excluding hydrogens is 942 g/mol. The monoisotopic (exact) mass is 1050 g/mol. The van der Waals surface area contributed by atoms with Crippen molar-refractivity contribution in [3.8, 4) is 0 Å². The maximum Gasteiger partial charge on any atom is 0.306 e. The second-order valence-electron chi connectivity index (χ2n) is 19.9. The number of likely N-dealkylation sites (N-methyl/N-ethyl adjacent to an activating group) is 1. The lowest BCUT2D eigenvalue weighted by Crippen LogP contribution is -2.37. The van der Waals surface area contributed by atoms with E-state index in [1.165, 1.54) is 38.5 Å². The number of allylic oxidation sites excluding steroid dienone is 22. The normalized spacial score (nSPS) is 14.3. The van der Waals surface area contributed by atoms with Gasteiger partial charge in [0.25, 0.3) is 7.82 Å². The summed E-state index contributed by atoms with van der Waals surface area (Å²) in [6.07, 6.45) is 77.9. The topological polar surface area (TPSA) is 111 Å². The Morgan fingerprint density at radius 3 is 1.15 bits per heavy atom. The van der Waals surface area contributed by atoms with Crippen molar-refractivity contribution in [3.05, 3.63) is 134 Å². The molecule has 420 valence electrons. The van der Waals surface area contributed by atoms with Crippen LogP contribution >= 0.6 is 7.82 Å². The Morgan fingerprint density at radius 2 is 0.770 bits per heavy atom. The van der Waals surface area contributed by atoms with Gasteiger partial charge in [0.2, 0.25) is 0 Å². The molecule has 0 bridgehead atoms. The molecule has 0 aromatic rings. The molecule has 0 aromatic heterocycles. The minimum atomic E-state index is -4.65. The molecule has 0 rings (SSSR count). The van der Waals surface area contributed by atoms with Gasteiger partial charge < -0.3 is 27.9 Å². The molecule has 9 nitrogen and oxygen atoms in total. The highest BCUT2D eigenvalue weighted by molar-refractivity contribution is 7.45. The van der Waals surface area contributed by atoms with Gasteiger partial charge >= 0.3 is 11.9 Å². The van der Waals surface area contributed by atoms with E-state index in [0.29, 0.717) is 23.9 Å². The Hall–Kier alpha value is -3.85. The molecule has 0 saturated heterocycles.